The second-order valence-electron chi connectivity index (χ2n) is 10.2. The number of hydrogen-bond donors (Lipinski definition) is 1. The van der Waals surface area contributed by atoms with E-state index in [2.05, 4.69) is 5.32 Å². The standard InChI is InChI=1S/C24H23F12NOSi/c1-39(2,3)38-20(19-5-4-6-37-19,13-7-15(21(25,26)27)11-16(8-13)22(28,29)30)14-9-17(23(31,32)33)12-18(10-14)24(34,35)36/h7-12,19,37H,4-6H2,1-3H3/t19-/m1/s1. The maximum absolute atomic E-state index is 13.8. The van der Waals surface area contributed by atoms with Gasteiger partial charge < -0.3 is 9.74 Å². The summed E-state index contributed by atoms with van der Waals surface area (Å²) in [6.07, 6.45) is -21.0. The van der Waals surface area contributed by atoms with E-state index in [9.17, 15) is 52.7 Å². The molecule has 15 heteroatoms. The second kappa shape index (κ2) is 9.98. The molecule has 218 valence electrons. The number of nitrogens with one attached hydrogen (secondary N) is 1. The van der Waals surface area contributed by atoms with Gasteiger partial charge in [-0.1, -0.05) is 0 Å². The van der Waals surface area contributed by atoms with Gasteiger partial charge in [-0.2, -0.15) is 52.7 Å². The summed E-state index contributed by atoms with van der Waals surface area (Å²) in [7, 11) is -3.14. The highest BCUT2D eigenvalue weighted by Gasteiger charge is 2.51. The van der Waals surface area contributed by atoms with Gasteiger partial charge in [-0.25, -0.2) is 0 Å². The van der Waals surface area contributed by atoms with Crippen LogP contribution in [0.3, 0.4) is 0 Å². The molecule has 0 aliphatic carbocycles. The quantitative estimate of drug-likeness (QED) is 0.275. The highest BCUT2D eigenvalue weighted by Crippen LogP contribution is 2.48. The van der Waals surface area contributed by atoms with E-state index in [0.29, 0.717) is 24.3 Å². The third-order valence-electron chi connectivity index (χ3n) is 6.05. The number of rotatable bonds is 5. The van der Waals surface area contributed by atoms with E-state index in [-0.39, 0.29) is 31.5 Å². The Kier molecular flexibility index (Phi) is 8.00. The van der Waals surface area contributed by atoms with Crippen molar-refractivity contribution < 1.29 is 57.1 Å². The summed E-state index contributed by atoms with van der Waals surface area (Å²) in [6.45, 7) is 4.55. The lowest BCUT2D eigenvalue weighted by Crippen LogP contribution is -2.53. The zero-order valence-corrected chi connectivity index (χ0v) is 21.6. The minimum Gasteiger partial charge on any atom is -0.403 e. The van der Waals surface area contributed by atoms with Gasteiger partial charge in [0.2, 0.25) is 0 Å². The molecule has 1 N–H and O–H groups in total. The van der Waals surface area contributed by atoms with Crippen LogP contribution < -0.4 is 5.32 Å². The topological polar surface area (TPSA) is 21.3 Å². The molecule has 2 nitrogen and oxygen atoms in total. The van der Waals surface area contributed by atoms with Crippen LogP contribution in [0.2, 0.25) is 19.6 Å². The summed E-state index contributed by atoms with van der Waals surface area (Å²) >= 11 is 0. The van der Waals surface area contributed by atoms with E-state index in [1.54, 1.807) is 0 Å². The van der Waals surface area contributed by atoms with Crippen molar-refractivity contribution in [2.45, 2.75) is 68.8 Å². The molecule has 0 spiro atoms. The van der Waals surface area contributed by atoms with Crippen LogP contribution in [-0.4, -0.2) is 20.9 Å². The van der Waals surface area contributed by atoms with Crippen LogP contribution in [-0.2, 0) is 34.7 Å². The first-order chi connectivity index (χ1) is 17.4. The molecule has 1 heterocycles. The Hall–Kier alpha value is -2.26. The molecule has 1 fully saturated rings. The first kappa shape index (κ1) is 31.3. The molecule has 39 heavy (non-hydrogen) atoms. The van der Waals surface area contributed by atoms with Gasteiger partial charge in [-0.3, -0.25) is 0 Å². The minimum absolute atomic E-state index is 0.0142. The Bertz CT molecular complexity index is 1050. The van der Waals surface area contributed by atoms with E-state index in [4.69, 9.17) is 4.43 Å². The number of benzene rings is 2. The van der Waals surface area contributed by atoms with Gasteiger partial charge in [0, 0.05) is 6.04 Å². The number of halogens is 12. The average Bonchev–Trinajstić information content (AvgIpc) is 3.29. The first-order valence-corrected chi connectivity index (χ1v) is 14.9. The van der Waals surface area contributed by atoms with Crippen LogP contribution >= 0.6 is 0 Å². The molecule has 0 unspecified atom stereocenters. The minimum atomic E-state index is -5.32. The fourth-order valence-corrected chi connectivity index (χ4v) is 5.96. The van der Waals surface area contributed by atoms with Crippen molar-refractivity contribution in [1.29, 1.82) is 0 Å². The lowest BCUT2D eigenvalue weighted by atomic mass is 9.77. The van der Waals surface area contributed by atoms with Crippen LogP contribution in [0.1, 0.15) is 46.2 Å². The molecule has 0 aromatic heterocycles. The van der Waals surface area contributed by atoms with E-state index in [0.717, 1.165) is 0 Å². The third kappa shape index (κ3) is 6.91. The monoisotopic (exact) mass is 597 g/mol. The fourth-order valence-electron chi connectivity index (χ4n) is 4.61. The van der Waals surface area contributed by atoms with Gasteiger partial charge in [0.15, 0.2) is 8.32 Å². The Morgan fingerprint density at radius 2 is 0.897 bits per heavy atom. The van der Waals surface area contributed by atoms with Crippen LogP contribution in [0, 0.1) is 0 Å². The molecule has 1 aliphatic heterocycles. The predicted molar refractivity (Wildman–Crippen MR) is 119 cm³/mol. The molecule has 1 aliphatic rings. The summed E-state index contributed by atoms with van der Waals surface area (Å²) in [6, 6.07) is -0.410. The van der Waals surface area contributed by atoms with Gasteiger partial charge in [-0.05, 0) is 86.6 Å². The second-order valence-corrected chi connectivity index (χ2v) is 14.6. The van der Waals surface area contributed by atoms with E-state index in [1.165, 1.54) is 19.6 Å². The predicted octanol–water partition coefficient (Wildman–Crippen LogP) is 8.61. The van der Waals surface area contributed by atoms with Crippen molar-refractivity contribution in [2.24, 2.45) is 0 Å². The summed E-state index contributed by atoms with van der Waals surface area (Å²) in [5.41, 5.74) is -11.4. The molecule has 2 aromatic rings. The molecule has 0 amide bonds. The van der Waals surface area contributed by atoms with Crippen molar-refractivity contribution in [2.75, 3.05) is 6.54 Å². The van der Waals surface area contributed by atoms with Crippen molar-refractivity contribution in [3.63, 3.8) is 0 Å². The van der Waals surface area contributed by atoms with Gasteiger partial charge in [0.25, 0.3) is 0 Å². The van der Waals surface area contributed by atoms with E-state index >= 15 is 0 Å². The summed E-state index contributed by atoms with van der Waals surface area (Å²) in [4.78, 5) is 0. The van der Waals surface area contributed by atoms with Crippen LogP contribution in [0.5, 0.6) is 0 Å². The summed E-state index contributed by atoms with van der Waals surface area (Å²) in [5.74, 6) is 0. The van der Waals surface area contributed by atoms with Crippen molar-refractivity contribution in [3.8, 4) is 0 Å². The van der Waals surface area contributed by atoms with Gasteiger partial charge in [-0.15, -0.1) is 0 Å². The zero-order chi connectivity index (χ0) is 29.8. The Morgan fingerprint density at radius 1 is 0.590 bits per heavy atom. The van der Waals surface area contributed by atoms with Gasteiger partial charge in [0.1, 0.15) is 5.60 Å². The maximum atomic E-state index is 13.8. The Labute approximate surface area is 216 Å². The molecular weight excluding hydrogens is 574 g/mol. The number of alkyl halides is 12. The smallest absolute Gasteiger partial charge is 0.403 e. The van der Waals surface area contributed by atoms with Gasteiger partial charge >= 0.3 is 24.7 Å². The van der Waals surface area contributed by atoms with E-state index in [1.807, 2.05) is 0 Å². The molecular formula is C24H23F12NOSi. The van der Waals surface area contributed by atoms with Gasteiger partial charge in [0.05, 0.1) is 22.3 Å². The van der Waals surface area contributed by atoms with Crippen LogP contribution in [0.15, 0.2) is 36.4 Å². The SMILES string of the molecule is C[Si](C)(C)OC(c1cc(C(F)(F)F)cc(C(F)(F)F)c1)(c1cc(C(F)(F)F)cc(C(F)(F)F)c1)[C@H]1CCCN1. The van der Waals surface area contributed by atoms with Crippen molar-refractivity contribution in [1.82, 2.24) is 5.32 Å². The number of hydrogen-bond acceptors (Lipinski definition) is 2. The largest absolute Gasteiger partial charge is 0.416 e. The lowest BCUT2D eigenvalue weighted by Gasteiger charge is -2.45. The van der Waals surface area contributed by atoms with Crippen molar-refractivity contribution >= 4 is 8.32 Å². The third-order valence-corrected chi connectivity index (χ3v) is 6.99. The van der Waals surface area contributed by atoms with Crippen molar-refractivity contribution in [3.05, 3.63) is 69.8 Å². The maximum Gasteiger partial charge on any atom is 0.416 e. The molecule has 3 rings (SSSR count). The highest BCUT2D eigenvalue weighted by molar-refractivity contribution is 6.69. The summed E-state index contributed by atoms with van der Waals surface area (Å²) in [5, 5.41) is 2.82. The van der Waals surface area contributed by atoms with Crippen LogP contribution in [0.25, 0.3) is 0 Å². The average molecular weight is 598 g/mol. The molecule has 0 bridgehead atoms. The van der Waals surface area contributed by atoms with E-state index < -0.39 is 78.0 Å². The molecule has 1 atom stereocenters. The first-order valence-electron chi connectivity index (χ1n) is 11.5. The Balaban J connectivity index is 2.56. The molecule has 2 aromatic carbocycles. The Morgan fingerprint density at radius 3 is 1.13 bits per heavy atom. The molecule has 0 radical (unpaired) electrons. The zero-order valence-electron chi connectivity index (χ0n) is 20.6. The summed E-state index contributed by atoms with van der Waals surface area (Å²) < 4.78 is 171. The fraction of sp³-hybridized carbons (Fsp3) is 0.500. The normalized spacial score (nSPS) is 18.1. The molecule has 1 saturated heterocycles. The highest BCUT2D eigenvalue weighted by atomic mass is 28.4. The lowest BCUT2D eigenvalue weighted by molar-refractivity contribution is -0.144. The van der Waals surface area contributed by atoms with Crippen LogP contribution in [0.4, 0.5) is 52.7 Å². The molecule has 0 saturated carbocycles.